The third-order valence-corrected chi connectivity index (χ3v) is 4.67. The summed E-state index contributed by atoms with van der Waals surface area (Å²) in [6.45, 7) is 2.14. The Balaban J connectivity index is 1.69. The maximum absolute atomic E-state index is 12.6. The standard InChI is InChI=1S/C19H19N5O3/c20-19(26)15-8-13-7-12(14-10-21-22-11-14)1-2-16(13)23-17(15)9-18(25)24-3-5-27-6-4-24/h1-2,7-8,10-11H,3-6,9H2,(H2,20,26)(H,21,22). The molecule has 0 aliphatic carbocycles. The number of fused-ring (bicyclic) bond motifs is 1. The summed E-state index contributed by atoms with van der Waals surface area (Å²) >= 11 is 0. The van der Waals surface area contributed by atoms with Crippen LogP contribution >= 0.6 is 0 Å². The molecule has 0 spiro atoms. The van der Waals surface area contributed by atoms with Crippen LogP contribution in [0, 0.1) is 0 Å². The number of amides is 2. The van der Waals surface area contributed by atoms with Gasteiger partial charge in [-0.05, 0) is 23.8 Å². The summed E-state index contributed by atoms with van der Waals surface area (Å²) in [7, 11) is 0. The Morgan fingerprint density at radius 1 is 1.19 bits per heavy atom. The Hall–Kier alpha value is -3.26. The van der Waals surface area contributed by atoms with Crippen molar-refractivity contribution in [3.8, 4) is 11.1 Å². The molecular formula is C19H19N5O3. The molecule has 2 aromatic heterocycles. The number of hydrogen-bond acceptors (Lipinski definition) is 5. The van der Waals surface area contributed by atoms with Crippen molar-refractivity contribution in [1.29, 1.82) is 0 Å². The van der Waals surface area contributed by atoms with Crippen LogP contribution in [0.1, 0.15) is 16.1 Å². The van der Waals surface area contributed by atoms with E-state index in [-0.39, 0.29) is 17.9 Å². The molecule has 1 aromatic carbocycles. The van der Waals surface area contributed by atoms with Crippen molar-refractivity contribution in [3.05, 3.63) is 47.9 Å². The van der Waals surface area contributed by atoms with E-state index in [2.05, 4.69) is 15.2 Å². The Labute approximate surface area is 155 Å². The summed E-state index contributed by atoms with van der Waals surface area (Å²) in [5.74, 6) is -0.675. The van der Waals surface area contributed by atoms with Crippen LogP contribution in [0.2, 0.25) is 0 Å². The highest BCUT2D eigenvalue weighted by molar-refractivity contribution is 5.99. The predicted molar refractivity (Wildman–Crippen MR) is 98.9 cm³/mol. The van der Waals surface area contributed by atoms with Crippen LogP contribution in [0.4, 0.5) is 0 Å². The number of hydrogen-bond donors (Lipinski definition) is 2. The topological polar surface area (TPSA) is 114 Å². The zero-order valence-corrected chi connectivity index (χ0v) is 14.6. The van der Waals surface area contributed by atoms with Gasteiger partial charge < -0.3 is 15.4 Å². The van der Waals surface area contributed by atoms with Gasteiger partial charge in [0.15, 0.2) is 0 Å². The second-order valence-corrected chi connectivity index (χ2v) is 6.41. The number of aromatic nitrogens is 3. The normalized spacial score (nSPS) is 14.4. The van der Waals surface area contributed by atoms with Gasteiger partial charge in [-0.2, -0.15) is 5.10 Å². The number of carbonyl (C=O) groups excluding carboxylic acids is 2. The Morgan fingerprint density at radius 2 is 2.00 bits per heavy atom. The highest BCUT2D eigenvalue weighted by Gasteiger charge is 2.21. The first-order valence-corrected chi connectivity index (χ1v) is 8.70. The minimum Gasteiger partial charge on any atom is -0.378 e. The van der Waals surface area contributed by atoms with Gasteiger partial charge in [0.1, 0.15) is 0 Å². The highest BCUT2D eigenvalue weighted by atomic mass is 16.5. The van der Waals surface area contributed by atoms with Gasteiger partial charge in [0, 0.05) is 30.2 Å². The Bertz CT molecular complexity index is 994. The number of nitrogens with one attached hydrogen (secondary N) is 1. The SMILES string of the molecule is NC(=O)c1cc2cc(-c3cn[nH]c3)ccc2nc1CC(=O)N1CCOCC1. The zero-order chi connectivity index (χ0) is 18.8. The number of morpholine rings is 1. The number of benzene rings is 1. The summed E-state index contributed by atoms with van der Waals surface area (Å²) in [6.07, 6.45) is 3.55. The van der Waals surface area contributed by atoms with E-state index < -0.39 is 5.91 Å². The van der Waals surface area contributed by atoms with Gasteiger partial charge in [0.25, 0.3) is 5.91 Å². The van der Waals surface area contributed by atoms with Crippen molar-refractivity contribution in [2.75, 3.05) is 26.3 Å². The fourth-order valence-electron chi connectivity index (χ4n) is 3.22. The largest absolute Gasteiger partial charge is 0.378 e. The molecule has 1 fully saturated rings. The molecule has 3 N–H and O–H groups in total. The van der Waals surface area contributed by atoms with E-state index in [1.165, 1.54) is 0 Å². The predicted octanol–water partition coefficient (Wildman–Crippen LogP) is 1.13. The quantitative estimate of drug-likeness (QED) is 0.719. The third-order valence-electron chi connectivity index (χ3n) is 4.67. The molecule has 0 bridgehead atoms. The lowest BCUT2D eigenvalue weighted by Crippen LogP contribution is -2.41. The molecule has 1 aliphatic heterocycles. The fourth-order valence-corrected chi connectivity index (χ4v) is 3.22. The number of nitrogens with zero attached hydrogens (tertiary/aromatic N) is 3. The molecule has 8 nitrogen and oxygen atoms in total. The summed E-state index contributed by atoms with van der Waals surface area (Å²) in [5, 5.41) is 7.51. The van der Waals surface area contributed by atoms with Crippen molar-refractivity contribution in [2.45, 2.75) is 6.42 Å². The fraction of sp³-hybridized carbons (Fsp3) is 0.263. The summed E-state index contributed by atoms with van der Waals surface area (Å²) in [4.78, 5) is 30.8. The smallest absolute Gasteiger partial charge is 0.250 e. The average Bonchev–Trinajstić information content (AvgIpc) is 3.22. The van der Waals surface area contributed by atoms with Gasteiger partial charge in [-0.15, -0.1) is 0 Å². The van der Waals surface area contributed by atoms with E-state index >= 15 is 0 Å². The number of H-pyrrole nitrogens is 1. The van der Waals surface area contributed by atoms with Crippen LogP contribution in [0.25, 0.3) is 22.0 Å². The number of primary amides is 1. The van der Waals surface area contributed by atoms with Gasteiger partial charge in [-0.25, -0.2) is 0 Å². The van der Waals surface area contributed by atoms with Crippen molar-refractivity contribution in [2.24, 2.45) is 5.73 Å². The van der Waals surface area contributed by atoms with Crippen molar-refractivity contribution in [1.82, 2.24) is 20.1 Å². The van der Waals surface area contributed by atoms with Gasteiger partial charge in [0.2, 0.25) is 5.91 Å². The van der Waals surface area contributed by atoms with E-state index in [0.29, 0.717) is 37.5 Å². The molecule has 2 amide bonds. The van der Waals surface area contributed by atoms with Crippen LogP contribution in [0.15, 0.2) is 36.7 Å². The van der Waals surface area contributed by atoms with Crippen molar-refractivity contribution in [3.63, 3.8) is 0 Å². The molecule has 0 atom stereocenters. The van der Waals surface area contributed by atoms with E-state index in [0.717, 1.165) is 16.5 Å². The molecule has 27 heavy (non-hydrogen) atoms. The van der Waals surface area contributed by atoms with Gasteiger partial charge >= 0.3 is 0 Å². The number of nitrogens with two attached hydrogens (primary N) is 1. The number of rotatable bonds is 4. The van der Waals surface area contributed by atoms with E-state index in [1.54, 1.807) is 23.4 Å². The molecule has 4 rings (SSSR count). The van der Waals surface area contributed by atoms with Gasteiger partial charge in [0.05, 0.1) is 42.6 Å². The van der Waals surface area contributed by atoms with Crippen molar-refractivity contribution < 1.29 is 14.3 Å². The second-order valence-electron chi connectivity index (χ2n) is 6.41. The molecule has 8 heteroatoms. The molecule has 1 aliphatic rings. The number of ether oxygens (including phenoxy) is 1. The number of carbonyl (C=O) groups is 2. The first-order valence-electron chi connectivity index (χ1n) is 8.70. The summed E-state index contributed by atoms with van der Waals surface area (Å²) in [5.41, 5.74) is 8.82. The van der Waals surface area contributed by atoms with Crippen LogP contribution in [-0.2, 0) is 16.0 Å². The minimum atomic E-state index is -0.595. The lowest BCUT2D eigenvalue weighted by molar-refractivity contribution is -0.134. The van der Waals surface area contributed by atoms with Crippen LogP contribution < -0.4 is 5.73 Å². The molecule has 3 aromatic rings. The highest BCUT2D eigenvalue weighted by Crippen LogP contribution is 2.25. The summed E-state index contributed by atoms with van der Waals surface area (Å²) in [6, 6.07) is 7.42. The summed E-state index contributed by atoms with van der Waals surface area (Å²) < 4.78 is 5.27. The molecule has 0 saturated carbocycles. The molecule has 138 valence electrons. The zero-order valence-electron chi connectivity index (χ0n) is 14.6. The molecular weight excluding hydrogens is 346 g/mol. The average molecular weight is 365 g/mol. The first-order chi connectivity index (χ1) is 13.1. The molecule has 0 unspecified atom stereocenters. The number of aromatic amines is 1. The van der Waals surface area contributed by atoms with Crippen LogP contribution in [0.3, 0.4) is 0 Å². The Kier molecular flexibility index (Phi) is 4.55. The van der Waals surface area contributed by atoms with E-state index in [4.69, 9.17) is 10.5 Å². The second kappa shape index (κ2) is 7.16. The molecule has 3 heterocycles. The first kappa shape index (κ1) is 17.2. The van der Waals surface area contributed by atoms with E-state index in [1.807, 2.05) is 18.2 Å². The van der Waals surface area contributed by atoms with Crippen molar-refractivity contribution >= 4 is 22.7 Å². The van der Waals surface area contributed by atoms with Gasteiger partial charge in [-0.1, -0.05) is 6.07 Å². The third kappa shape index (κ3) is 3.52. The van der Waals surface area contributed by atoms with Crippen LogP contribution in [-0.4, -0.2) is 58.2 Å². The molecule has 1 saturated heterocycles. The minimum absolute atomic E-state index is 0.0394. The monoisotopic (exact) mass is 365 g/mol. The van der Waals surface area contributed by atoms with Gasteiger partial charge in [-0.3, -0.25) is 19.7 Å². The maximum atomic E-state index is 12.6. The molecule has 0 radical (unpaired) electrons. The number of pyridine rings is 1. The lowest BCUT2D eigenvalue weighted by Gasteiger charge is -2.27. The van der Waals surface area contributed by atoms with E-state index in [9.17, 15) is 9.59 Å². The Morgan fingerprint density at radius 3 is 2.70 bits per heavy atom. The van der Waals surface area contributed by atoms with Crippen LogP contribution in [0.5, 0.6) is 0 Å². The maximum Gasteiger partial charge on any atom is 0.250 e. The lowest BCUT2D eigenvalue weighted by atomic mass is 10.0.